The highest BCUT2D eigenvalue weighted by molar-refractivity contribution is 6.43. The fourth-order valence-electron chi connectivity index (χ4n) is 1.16. The molecule has 0 fully saturated rings. The monoisotopic (exact) mass is 294 g/mol. The Balaban J connectivity index is 2.68. The maximum atomic E-state index is 11.5. The fourth-order valence-corrected chi connectivity index (χ4v) is 1.74. The highest BCUT2D eigenvalue weighted by Crippen LogP contribution is 2.34. The molecule has 2 nitrogen and oxygen atoms in total. The first-order valence-corrected chi connectivity index (χ1v) is 6.38. The summed E-state index contributed by atoms with van der Waals surface area (Å²) in [4.78, 5) is 11.5. The predicted molar refractivity (Wildman–Crippen MR) is 71.2 cm³/mol. The number of hydrogen-bond acceptors (Lipinski definition) is 2. The van der Waals surface area contributed by atoms with E-state index in [1.807, 2.05) is 13.8 Å². The molecule has 0 saturated carbocycles. The van der Waals surface area contributed by atoms with Crippen LogP contribution in [0.5, 0.6) is 5.75 Å². The smallest absolute Gasteiger partial charge is 0.311 e. The third-order valence-electron chi connectivity index (χ3n) is 2.12. The largest absolute Gasteiger partial charge is 0.425 e. The van der Waals surface area contributed by atoms with E-state index in [2.05, 4.69) is 0 Å². The van der Waals surface area contributed by atoms with E-state index in [1.165, 1.54) is 12.1 Å². The second kappa shape index (κ2) is 6.48. The second-order valence-corrected chi connectivity index (χ2v) is 5.32. The predicted octanol–water partition coefficient (Wildman–Crippen LogP) is 4.99. The van der Waals surface area contributed by atoms with E-state index in [0.717, 1.165) is 6.42 Å². The third-order valence-corrected chi connectivity index (χ3v) is 3.14. The van der Waals surface area contributed by atoms with E-state index in [-0.39, 0.29) is 16.7 Å². The Bertz CT molecular complexity index is 416. The van der Waals surface area contributed by atoms with Crippen molar-refractivity contribution in [1.82, 2.24) is 0 Å². The second-order valence-electron chi connectivity index (χ2n) is 4.10. The fraction of sp³-hybridized carbons (Fsp3) is 0.417. The maximum absolute atomic E-state index is 11.5. The molecule has 94 valence electrons. The lowest BCUT2D eigenvalue weighted by Gasteiger charge is -2.08. The molecule has 0 aliphatic rings. The number of esters is 1. The van der Waals surface area contributed by atoms with Gasteiger partial charge in [0.2, 0.25) is 0 Å². The van der Waals surface area contributed by atoms with Crippen LogP contribution in [0.1, 0.15) is 26.7 Å². The van der Waals surface area contributed by atoms with E-state index in [9.17, 15) is 4.79 Å². The summed E-state index contributed by atoms with van der Waals surface area (Å²) in [5.41, 5.74) is 0. The Hall–Kier alpha value is -0.440. The van der Waals surface area contributed by atoms with Gasteiger partial charge in [-0.1, -0.05) is 48.7 Å². The molecule has 0 bridgehead atoms. The number of carbonyl (C=O) groups excluding carboxylic acids is 1. The van der Waals surface area contributed by atoms with E-state index in [0.29, 0.717) is 22.4 Å². The van der Waals surface area contributed by atoms with Gasteiger partial charge in [0.15, 0.2) is 5.75 Å². The zero-order valence-corrected chi connectivity index (χ0v) is 11.9. The quantitative estimate of drug-likeness (QED) is 0.444. The van der Waals surface area contributed by atoms with Gasteiger partial charge < -0.3 is 4.74 Å². The normalized spacial score (nSPS) is 10.7. The van der Waals surface area contributed by atoms with Crippen LogP contribution in [0.4, 0.5) is 0 Å². The van der Waals surface area contributed by atoms with Crippen molar-refractivity contribution < 1.29 is 9.53 Å². The van der Waals surface area contributed by atoms with Crippen molar-refractivity contribution in [3.63, 3.8) is 0 Å². The minimum Gasteiger partial charge on any atom is -0.425 e. The number of rotatable bonds is 4. The lowest BCUT2D eigenvalue weighted by atomic mass is 10.1. The van der Waals surface area contributed by atoms with Crippen molar-refractivity contribution in [2.45, 2.75) is 26.7 Å². The average Bonchev–Trinajstić information content (AvgIpc) is 2.23. The standard InChI is InChI=1S/C12H13Cl3O2/c1-7(2)3-4-12(16)17-11-6-9(14)8(13)5-10(11)15/h5-7H,3-4H2,1-2H3. The first-order chi connectivity index (χ1) is 7.90. The molecule has 0 heterocycles. The summed E-state index contributed by atoms with van der Waals surface area (Å²) in [6, 6.07) is 2.90. The summed E-state index contributed by atoms with van der Waals surface area (Å²) in [7, 11) is 0. The molecule has 0 saturated heterocycles. The summed E-state index contributed by atoms with van der Waals surface area (Å²) in [6.45, 7) is 4.08. The molecule has 0 N–H and O–H groups in total. The van der Waals surface area contributed by atoms with Crippen LogP contribution in [0.3, 0.4) is 0 Å². The molecule has 0 aliphatic heterocycles. The van der Waals surface area contributed by atoms with Crippen LogP contribution in [-0.2, 0) is 4.79 Å². The molecular formula is C12H13Cl3O2. The van der Waals surface area contributed by atoms with Gasteiger partial charge in [-0.2, -0.15) is 0 Å². The summed E-state index contributed by atoms with van der Waals surface area (Å²) in [5.74, 6) is 0.376. The Morgan fingerprint density at radius 3 is 2.35 bits per heavy atom. The van der Waals surface area contributed by atoms with Crippen molar-refractivity contribution in [3.8, 4) is 5.75 Å². The minimum atomic E-state index is -0.320. The van der Waals surface area contributed by atoms with Crippen molar-refractivity contribution in [3.05, 3.63) is 27.2 Å². The highest BCUT2D eigenvalue weighted by Gasteiger charge is 2.11. The van der Waals surface area contributed by atoms with Crippen molar-refractivity contribution in [2.75, 3.05) is 0 Å². The zero-order valence-electron chi connectivity index (χ0n) is 9.60. The lowest BCUT2D eigenvalue weighted by Crippen LogP contribution is -2.09. The van der Waals surface area contributed by atoms with Crippen molar-refractivity contribution >= 4 is 40.8 Å². The van der Waals surface area contributed by atoms with Crippen molar-refractivity contribution in [1.29, 1.82) is 0 Å². The number of carbonyl (C=O) groups is 1. The Labute approximate surface area is 116 Å². The molecule has 5 heteroatoms. The van der Waals surface area contributed by atoms with Crippen LogP contribution >= 0.6 is 34.8 Å². The molecule has 0 atom stereocenters. The molecule has 1 rings (SSSR count). The number of halogens is 3. The lowest BCUT2D eigenvalue weighted by molar-refractivity contribution is -0.134. The van der Waals surface area contributed by atoms with E-state index < -0.39 is 0 Å². The average molecular weight is 296 g/mol. The maximum Gasteiger partial charge on any atom is 0.311 e. The van der Waals surface area contributed by atoms with Gasteiger partial charge in [-0.25, -0.2) is 0 Å². The van der Waals surface area contributed by atoms with Crippen LogP contribution in [0.2, 0.25) is 15.1 Å². The first kappa shape index (κ1) is 14.6. The van der Waals surface area contributed by atoms with Gasteiger partial charge in [0, 0.05) is 12.5 Å². The van der Waals surface area contributed by atoms with Gasteiger partial charge in [-0.15, -0.1) is 0 Å². The summed E-state index contributed by atoms with van der Waals surface area (Å²) >= 11 is 17.5. The molecule has 1 aromatic rings. The Kier molecular flexibility index (Phi) is 5.57. The first-order valence-electron chi connectivity index (χ1n) is 5.25. The van der Waals surface area contributed by atoms with Gasteiger partial charge in [0.1, 0.15) is 0 Å². The molecule has 1 aromatic carbocycles. The number of benzene rings is 1. The van der Waals surface area contributed by atoms with E-state index in [1.54, 1.807) is 0 Å². The van der Waals surface area contributed by atoms with Gasteiger partial charge >= 0.3 is 5.97 Å². The minimum absolute atomic E-state index is 0.245. The number of hydrogen-bond donors (Lipinski definition) is 0. The molecule has 0 aromatic heterocycles. The van der Waals surface area contributed by atoms with Crippen LogP contribution in [0.25, 0.3) is 0 Å². The van der Waals surface area contributed by atoms with Crippen LogP contribution < -0.4 is 4.74 Å². The van der Waals surface area contributed by atoms with Gasteiger partial charge in [0.05, 0.1) is 15.1 Å². The molecule has 0 aliphatic carbocycles. The van der Waals surface area contributed by atoms with Crippen LogP contribution in [-0.4, -0.2) is 5.97 Å². The topological polar surface area (TPSA) is 26.3 Å². The van der Waals surface area contributed by atoms with Gasteiger partial charge in [-0.3, -0.25) is 4.79 Å². The summed E-state index contributed by atoms with van der Waals surface area (Å²) < 4.78 is 5.12. The Morgan fingerprint density at radius 1 is 1.18 bits per heavy atom. The van der Waals surface area contributed by atoms with Gasteiger partial charge in [0.25, 0.3) is 0 Å². The van der Waals surface area contributed by atoms with E-state index >= 15 is 0 Å². The molecule has 0 radical (unpaired) electrons. The van der Waals surface area contributed by atoms with Crippen LogP contribution in [0.15, 0.2) is 12.1 Å². The zero-order chi connectivity index (χ0) is 13.0. The molecule has 17 heavy (non-hydrogen) atoms. The van der Waals surface area contributed by atoms with Crippen molar-refractivity contribution in [2.24, 2.45) is 5.92 Å². The Morgan fingerprint density at radius 2 is 1.76 bits per heavy atom. The van der Waals surface area contributed by atoms with Gasteiger partial charge in [-0.05, 0) is 18.4 Å². The molecular weight excluding hydrogens is 282 g/mol. The highest BCUT2D eigenvalue weighted by atomic mass is 35.5. The van der Waals surface area contributed by atoms with E-state index in [4.69, 9.17) is 39.5 Å². The number of ether oxygens (including phenoxy) is 1. The van der Waals surface area contributed by atoms with Crippen LogP contribution in [0, 0.1) is 5.92 Å². The molecule has 0 amide bonds. The third kappa shape index (κ3) is 4.74. The molecule has 0 spiro atoms. The summed E-state index contributed by atoms with van der Waals surface area (Å²) in [6.07, 6.45) is 1.13. The summed E-state index contributed by atoms with van der Waals surface area (Å²) in [5, 5.41) is 0.915. The molecule has 0 unspecified atom stereocenters. The SMILES string of the molecule is CC(C)CCC(=O)Oc1cc(Cl)c(Cl)cc1Cl.